The maximum atomic E-state index is 14.0. The van der Waals surface area contributed by atoms with E-state index in [2.05, 4.69) is 25.4 Å². The van der Waals surface area contributed by atoms with Crippen LogP contribution < -0.4 is 20.9 Å². The van der Waals surface area contributed by atoms with Crippen molar-refractivity contribution in [2.24, 2.45) is 0 Å². The highest BCUT2D eigenvalue weighted by molar-refractivity contribution is 8.56. The average Bonchev–Trinajstić information content (AvgIpc) is 3.52. The van der Waals surface area contributed by atoms with Crippen molar-refractivity contribution in [2.45, 2.75) is 69.9 Å². The van der Waals surface area contributed by atoms with Gasteiger partial charge in [-0.2, -0.15) is 9.97 Å². The molecule has 238 valence electrons. The van der Waals surface area contributed by atoms with E-state index in [1.165, 1.54) is 38.9 Å². The second-order valence-corrected chi connectivity index (χ2v) is 14.8. The predicted octanol–water partition coefficient (Wildman–Crippen LogP) is -0.236. The molecule has 7 atom stereocenters. The number of urea groups is 1. The topological polar surface area (TPSA) is 243 Å². The second kappa shape index (κ2) is 12.5. The lowest BCUT2D eigenvalue weighted by molar-refractivity contribution is -0.149. The molecule has 3 amide bonds. The number of aliphatic hydroxyl groups excluding tert-OH is 1. The number of nitrogens with one attached hydrogen (secondary N) is 2. The molecule has 2 fully saturated rings. The van der Waals surface area contributed by atoms with Gasteiger partial charge in [0.15, 0.2) is 17.4 Å². The number of aliphatic hydroxyl groups is 2. The van der Waals surface area contributed by atoms with E-state index in [0.717, 1.165) is 4.90 Å². The summed E-state index contributed by atoms with van der Waals surface area (Å²) in [5, 5.41) is 27.1. The molecular formula is C23H35N8O10PS. The fourth-order valence-corrected chi connectivity index (χ4v) is 8.43. The Bertz CT molecular complexity index is 1440. The van der Waals surface area contributed by atoms with E-state index >= 15 is 0 Å². The van der Waals surface area contributed by atoms with Gasteiger partial charge < -0.3 is 39.6 Å². The van der Waals surface area contributed by atoms with E-state index in [9.17, 15) is 29.2 Å². The fraction of sp³-hybridized carbons (Fsp3) is 0.652. The van der Waals surface area contributed by atoms with Crippen LogP contribution in [0.25, 0.3) is 11.2 Å². The molecule has 0 aromatic carbocycles. The molecule has 2 aromatic heterocycles. The van der Waals surface area contributed by atoms with Crippen LogP contribution in [-0.2, 0) is 28.2 Å². The number of nitrogen functional groups attached to an aromatic ring is 1. The highest BCUT2D eigenvalue weighted by Crippen LogP contribution is 2.57. The van der Waals surface area contributed by atoms with Gasteiger partial charge in [0.05, 0.1) is 26.1 Å². The summed E-state index contributed by atoms with van der Waals surface area (Å²) in [5.41, 5.74) is 4.27. The molecule has 0 bridgehead atoms. The minimum Gasteiger partial charge on any atom is -0.479 e. The number of ether oxygens (including phenoxy) is 3. The van der Waals surface area contributed by atoms with Gasteiger partial charge in [-0.15, -0.1) is 0 Å². The van der Waals surface area contributed by atoms with E-state index in [-0.39, 0.29) is 28.7 Å². The first-order valence-corrected chi connectivity index (χ1v) is 16.3. The lowest BCUT2D eigenvalue weighted by Gasteiger charge is -2.27. The SMILES string of the molecule is COc1nc(N)nc2c1ncn2[C@@H]1O[C@H](CO[P@@](=O)(N[C@H](C)C(=O)OC(C)C)SC[C@@H]2C(=O)NC(=O)N2C)[C@@H](O)[C@@]1(C)O. The van der Waals surface area contributed by atoms with Crippen molar-refractivity contribution < 1.29 is 47.9 Å². The Hall–Kier alpha value is -3.06. The van der Waals surface area contributed by atoms with Crippen molar-refractivity contribution in [3.8, 4) is 5.88 Å². The highest BCUT2D eigenvalue weighted by Gasteiger charge is 2.54. The van der Waals surface area contributed by atoms with Crippen LogP contribution >= 0.6 is 18.1 Å². The zero-order valence-corrected chi connectivity index (χ0v) is 26.0. The Morgan fingerprint density at radius 1 is 1.35 bits per heavy atom. The number of rotatable bonds is 12. The summed E-state index contributed by atoms with van der Waals surface area (Å²) in [6.45, 7) is 1.49. The average molecular weight is 647 g/mol. The van der Waals surface area contributed by atoms with E-state index in [1.54, 1.807) is 13.8 Å². The minimum absolute atomic E-state index is 0.0942. The Morgan fingerprint density at radius 2 is 2.05 bits per heavy atom. The molecule has 0 aliphatic carbocycles. The Balaban J connectivity index is 1.54. The molecule has 4 heterocycles. The molecule has 2 aliphatic heterocycles. The van der Waals surface area contributed by atoms with E-state index in [4.69, 9.17) is 24.5 Å². The lowest BCUT2D eigenvalue weighted by atomic mass is 9.96. The van der Waals surface area contributed by atoms with Crippen LogP contribution in [0.15, 0.2) is 6.33 Å². The molecule has 0 saturated carbocycles. The van der Waals surface area contributed by atoms with E-state index < -0.39 is 73.5 Å². The number of fused-ring (bicyclic) bond motifs is 1. The number of likely N-dealkylation sites (N-methyl/N-ethyl adjacent to an activating group) is 1. The van der Waals surface area contributed by atoms with Crippen LogP contribution in [-0.4, -0.2) is 115 Å². The molecule has 4 rings (SSSR count). The summed E-state index contributed by atoms with van der Waals surface area (Å²) >= 11 is 0.686. The van der Waals surface area contributed by atoms with Gasteiger partial charge in [0, 0.05) is 12.8 Å². The van der Waals surface area contributed by atoms with Crippen LogP contribution in [0.1, 0.15) is 33.9 Å². The summed E-state index contributed by atoms with van der Waals surface area (Å²) in [4.78, 5) is 50.1. The van der Waals surface area contributed by atoms with Gasteiger partial charge in [-0.1, -0.05) is 11.4 Å². The number of amides is 3. The number of methoxy groups -OCH3 is 1. The first-order valence-electron chi connectivity index (χ1n) is 13.1. The molecule has 0 spiro atoms. The molecule has 2 saturated heterocycles. The van der Waals surface area contributed by atoms with Crippen LogP contribution in [0.2, 0.25) is 0 Å². The number of carbonyl (C=O) groups is 3. The van der Waals surface area contributed by atoms with Gasteiger partial charge >= 0.3 is 18.7 Å². The number of anilines is 1. The highest BCUT2D eigenvalue weighted by atomic mass is 32.7. The van der Waals surface area contributed by atoms with Crippen LogP contribution in [0.4, 0.5) is 10.7 Å². The number of nitrogens with two attached hydrogens (primary N) is 1. The van der Waals surface area contributed by atoms with Gasteiger partial charge in [-0.25, -0.2) is 14.9 Å². The number of imide groups is 1. The van der Waals surface area contributed by atoms with Crippen molar-refractivity contribution in [2.75, 3.05) is 32.3 Å². The Labute approximate surface area is 250 Å². The van der Waals surface area contributed by atoms with Gasteiger partial charge in [0.2, 0.25) is 11.8 Å². The maximum Gasteiger partial charge on any atom is 0.327 e. The summed E-state index contributed by atoms with van der Waals surface area (Å²) in [6, 6.07) is -2.66. The molecule has 0 unspecified atom stereocenters. The summed E-state index contributed by atoms with van der Waals surface area (Å²) in [5.74, 6) is -1.46. The number of hydrogen-bond acceptors (Lipinski definition) is 15. The predicted molar refractivity (Wildman–Crippen MR) is 152 cm³/mol. The molecule has 20 heteroatoms. The Kier molecular flexibility index (Phi) is 9.55. The standard InChI is InChI=1S/C23H35N8O10PS/c1-10(2)40-19(34)11(3)29-42(37,43-8-12-17(33)27-22(35)30(12)5)39-7-13-15(32)23(4,36)20(41-13)31-9-25-14-16(31)26-21(24)28-18(14)38-6/h9-13,15,20,32,36H,7-8H2,1-6H3,(H,29,37)(H2,24,26,28)(H,27,33,35)/t11-,12-,13-,15-,20-,23-,42+/m1/s1. The molecule has 0 radical (unpaired) electrons. The van der Waals surface area contributed by atoms with Crippen LogP contribution in [0, 0.1) is 0 Å². The zero-order valence-electron chi connectivity index (χ0n) is 24.3. The first kappa shape index (κ1) is 32.8. The first-order chi connectivity index (χ1) is 20.1. The zero-order chi connectivity index (χ0) is 31.9. The molecule has 6 N–H and O–H groups in total. The monoisotopic (exact) mass is 646 g/mol. The fourth-order valence-electron chi connectivity index (χ4n) is 4.46. The third-order valence-corrected chi connectivity index (χ3v) is 10.9. The molecule has 18 nitrogen and oxygen atoms in total. The van der Waals surface area contributed by atoms with E-state index in [0.29, 0.717) is 11.4 Å². The van der Waals surface area contributed by atoms with Crippen LogP contribution in [0.5, 0.6) is 5.88 Å². The van der Waals surface area contributed by atoms with Crippen molar-refractivity contribution >= 4 is 53.1 Å². The normalized spacial score (nSPS) is 27.9. The van der Waals surface area contributed by atoms with Crippen LogP contribution in [0.3, 0.4) is 0 Å². The molecular weight excluding hydrogens is 611 g/mol. The minimum atomic E-state index is -4.05. The smallest absolute Gasteiger partial charge is 0.327 e. The van der Waals surface area contributed by atoms with Crippen molar-refractivity contribution in [1.82, 2.24) is 34.8 Å². The van der Waals surface area contributed by atoms with Crippen molar-refractivity contribution in [3.05, 3.63) is 6.33 Å². The number of esters is 1. The van der Waals surface area contributed by atoms with Gasteiger partial charge in [0.25, 0.3) is 5.91 Å². The summed E-state index contributed by atoms with van der Waals surface area (Å²) in [6.07, 6.45) is -3.16. The second-order valence-electron chi connectivity index (χ2n) is 10.5. The van der Waals surface area contributed by atoms with Crippen molar-refractivity contribution in [3.63, 3.8) is 0 Å². The summed E-state index contributed by atoms with van der Waals surface area (Å²) in [7, 11) is 2.79. The number of aromatic nitrogens is 4. The van der Waals surface area contributed by atoms with Gasteiger partial charge in [-0.3, -0.25) is 24.0 Å². The molecule has 43 heavy (non-hydrogen) atoms. The number of imidazole rings is 1. The number of carbonyl (C=O) groups excluding carboxylic acids is 3. The Morgan fingerprint density at radius 3 is 2.65 bits per heavy atom. The molecule has 2 aromatic rings. The van der Waals surface area contributed by atoms with Crippen molar-refractivity contribution in [1.29, 1.82) is 0 Å². The van der Waals surface area contributed by atoms with Gasteiger partial charge in [-0.05, 0) is 27.7 Å². The van der Waals surface area contributed by atoms with E-state index in [1.807, 2.05) is 0 Å². The maximum absolute atomic E-state index is 14.0. The summed E-state index contributed by atoms with van der Waals surface area (Å²) < 4.78 is 37.5. The lowest BCUT2D eigenvalue weighted by Crippen LogP contribution is -2.44. The number of hydrogen-bond donors (Lipinski definition) is 5. The quantitative estimate of drug-likeness (QED) is 0.114. The largest absolute Gasteiger partial charge is 0.479 e. The van der Waals surface area contributed by atoms with Gasteiger partial charge in [0.1, 0.15) is 29.9 Å². The third kappa shape index (κ3) is 6.72. The molecule has 2 aliphatic rings. The third-order valence-electron chi connectivity index (χ3n) is 6.80. The number of nitrogens with zero attached hydrogens (tertiary/aromatic N) is 5.